The minimum absolute atomic E-state index is 1.27. The molecule has 0 saturated carbocycles. The van der Waals surface area contributed by atoms with Crippen LogP contribution >= 0.6 is 0 Å². The molecule has 0 amide bonds. The van der Waals surface area contributed by atoms with Gasteiger partial charge in [0, 0.05) is 0 Å². The molecular formula is C33H46. The van der Waals surface area contributed by atoms with E-state index in [1.807, 2.05) is 55.4 Å². The van der Waals surface area contributed by atoms with Crippen LogP contribution in [-0.2, 0) is 0 Å². The van der Waals surface area contributed by atoms with E-state index in [1.54, 1.807) is 0 Å². The third kappa shape index (κ3) is 8.54. The summed E-state index contributed by atoms with van der Waals surface area (Å²) in [5, 5.41) is 2.57. The van der Waals surface area contributed by atoms with E-state index in [4.69, 9.17) is 0 Å². The number of aryl methyl sites for hydroxylation is 3. The second-order valence-electron chi connectivity index (χ2n) is 6.94. The zero-order chi connectivity index (χ0) is 25.4. The molecule has 0 heterocycles. The minimum Gasteiger partial charge on any atom is -0.0683 e. The highest BCUT2D eigenvalue weighted by atomic mass is 14.1. The second kappa shape index (κ2) is 16.7. The summed E-state index contributed by atoms with van der Waals surface area (Å²) in [4.78, 5) is 0. The zero-order valence-electron chi connectivity index (χ0n) is 23.0. The Labute approximate surface area is 204 Å². The maximum atomic E-state index is 2.29. The number of rotatable bonds is 2. The largest absolute Gasteiger partial charge is 0.0683 e. The van der Waals surface area contributed by atoms with Crippen LogP contribution in [0.25, 0.3) is 33.0 Å². The molecule has 0 fully saturated rings. The Balaban J connectivity index is 0.00000116. The van der Waals surface area contributed by atoms with Gasteiger partial charge in [0.1, 0.15) is 0 Å². The fourth-order valence-corrected chi connectivity index (χ4v) is 3.27. The molecule has 0 spiro atoms. The van der Waals surface area contributed by atoms with E-state index in [1.165, 1.54) is 49.7 Å². The first-order chi connectivity index (χ1) is 16.1. The lowest BCUT2D eigenvalue weighted by Gasteiger charge is -2.09. The summed E-state index contributed by atoms with van der Waals surface area (Å²) >= 11 is 0. The first-order valence-corrected chi connectivity index (χ1v) is 12.8. The van der Waals surface area contributed by atoms with E-state index in [-0.39, 0.29) is 0 Å². The predicted molar refractivity (Wildman–Crippen MR) is 154 cm³/mol. The normalized spacial score (nSPS) is 9.06. The van der Waals surface area contributed by atoms with Crippen molar-refractivity contribution in [2.75, 3.05) is 0 Å². The quantitative estimate of drug-likeness (QED) is 0.289. The van der Waals surface area contributed by atoms with Crippen LogP contribution in [0.2, 0.25) is 0 Å². The van der Waals surface area contributed by atoms with Crippen molar-refractivity contribution >= 4 is 10.8 Å². The lowest BCUT2D eigenvalue weighted by atomic mass is 9.96. The smallest absolute Gasteiger partial charge is 0.0177 e. The van der Waals surface area contributed by atoms with Gasteiger partial charge in [-0.1, -0.05) is 128 Å². The van der Waals surface area contributed by atoms with Crippen LogP contribution in [0.4, 0.5) is 0 Å². The van der Waals surface area contributed by atoms with Crippen molar-refractivity contribution in [2.24, 2.45) is 0 Å². The lowest BCUT2D eigenvalue weighted by Crippen LogP contribution is -1.85. The average Bonchev–Trinajstić information content (AvgIpc) is 2.90. The first kappa shape index (κ1) is 30.1. The molecule has 0 unspecified atom stereocenters. The molecule has 0 N–H and O–H groups in total. The van der Waals surface area contributed by atoms with Crippen LogP contribution < -0.4 is 0 Å². The summed E-state index contributed by atoms with van der Waals surface area (Å²) in [5.74, 6) is 0. The van der Waals surface area contributed by atoms with Gasteiger partial charge in [0.05, 0.1) is 0 Å². The number of hydrogen-bond donors (Lipinski definition) is 0. The van der Waals surface area contributed by atoms with Gasteiger partial charge >= 0.3 is 0 Å². The molecule has 0 radical (unpaired) electrons. The van der Waals surface area contributed by atoms with Crippen molar-refractivity contribution in [1.82, 2.24) is 0 Å². The van der Waals surface area contributed by atoms with Gasteiger partial charge in [-0.05, 0) is 77.1 Å². The number of fused-ring (bicyclic) bond motifs is 1. The van der Waals surface area contributed by atoms with E-state index in [9.17, 15) is 0 Å². The highest BCUT2D eigenvalue weighted by molar-refractivity contribution is 5.90. The molecule has 0 aliphatic carbocycles. The summed E-state index contributed by atoms with van der Waals surface area (Å²) in [6.07, 6.45) is 0. The van der Waals surface area contributed by atoms with E-state index in [0.29, 0.717) is 0 Å². The van der Waals surface area contributed by atoms with Crippen LogP contribution in [0.3, 0.4) is 0 Å². The third-order valence-corrected chi connectivity index (χ3v) is 5.07. The van der Waals surface area contributed by atoms with Crippen molar-refractivity contribution < 1.29 is 0 Å². The van der Waals surface area contributed by atoms with Gasteiger partial charge in [-0.25, -0.2) is 0 Å². The van der Waals surface area contributed by atoms with Crippen molar-refractivity contribution in [2.45, 2.75) is 76.2 Å². The maximum absolute atomic E-state index is 2.29. The molecule has 0 saturated heterocycles. The van der Waals surface area contributed by atoms with Gasteiger partial charge in [0.15, 0.2) is 0 Å². The van der Waals surface area contributed by atoms with Gasteiger partial charge in [-0.3, -0.25) is 0 Å². The standard InChI is InChI=1S/C25H22.4C2H6/c1-17-4-7-20(8-5-17)22-10-11-25-16-23(12-13-24(25)15-22)21-9-6-18(2)19(3)14-21;4*1-2/h4-16H,1-3H3;4*1-2H3. The molecule has 0 bridgehead atoms. The Morgan fingerprint density at radius 2 is 0.697 bits per heavy atom. The van der Waals surface area contributed by atoms with Gasteiger partial charge in [0.2, 0.25) is 0 Å². The molecule has 0 aromatic heterocycles. The number of hydrogen-bond acceptors (Lipinski definition) is 0. The Bertz CT molecular complexity index is 1050. The molecule has 4 aromatic rings. The summed E-state index contributed by atoms with van der Waals surface area (Å²) in [6, 6.07) is 28.9. The van der Waals surface area contributed by atoms with Crippen molar-refractivity contribution in [3.8, 4) is 22.3 Å². The average molecular weight is 443 g/mol. The SMILES string of the molecule is CC.CC.CC.CC.Cc1ccc(-c2ccc3cc(-c4ccc(C)c(C)c4)ccc3c2)cc1. The lowest BCUT2D eigenvalue weighted by molar-refractivity contribution is 1.34. The van der Waals surface area contributed by atoms with Gasteiger partial charge < -0.3 is 0 Å². The van der Waals surface area contributed by atoms with Crippen LogP contribution in [0.5, 0.6) is 0 Å². The maximum Gasteiger partial charge on any atom is -0.0177 e. The van der Waals surface area contributed by atoms with E-state index < -0.39 is 0 Å². The highest BCUT2D eigenvalue weighted by Gasteiger charge is 2.04. The van der Waals surface area contributed by atoms with Crippen molar-refractivity contribution in [1.29, 1.82) is 0 Å². The first-order valence-electron chi connectivity index (χ1n) is 12.8. The Morgan fingerprint density at radius 1 is 0.333 bits per heavy atom. The summed E-state index contributed by atoms with van der Waals surface area (Å²) in [5.41, 5.74) is 9.07. The topological polar surface area (TPSA) is 0 Å². The fraction of sp³-hybridized carbons (Fsp3) is 0.333. The van der Waals surface area contributed by atoms with Crippen LogP contribution in [0.15, 0.2) is 78.9 Å². The Kier molecular flexibility index (Phi) is 15.3. The van der Waals surface area contributed by atoms with Crippen molar-refractivity contribution in [3.05, 3.63) is 95.6 Å². The molecule has 4 aromatic carbocycles. The third-order valence-electron chi connectivity index (χ3n) is 5.07. The van der Waals surface area contributed by atoms with Crippen LogP contribution in [0.1, 0.15) is 72.1 Å². The van der Waals surface area contributed by atoms with Gasteiger partial charge in [-0.2, -0.15) is 0 Å². The van der Waals surface area contributed by atoms with E-state index >= 15 is 0 Å². The Morgan fingerprint density at radius 3 is 1.15 bits per heavy atom. The molecule has 0 aliphatic heterocycles. The van der Waals surface area contributed by atoms with Gasteiger partial charge in [0.25, 0.3) is 0 Å². The molecule has 4 rings (SSSR count). The number of benzene rings is 4. The van der Waals surface area contributed by atoms with Crippen LogP contribution in [-0.4, -0.2) is 0 Å². The molecule has 0 heteroatoms. The summed E-state index contributed by atoms with van der Waals surface area (Å²) in [7, 11) is 0. The fourth-order valence-electron chi connectivity index (χ4n) is 3.27. The zero-order valence-corrected chi connectivity index (χ0v) is 23.0. The van der Waals surface area contributed by atoms with Crippen molar-refractivity contribution in [3.63, 3.8) is 0 Å². The monoisotopic (exact) mass is 442 g/mol. The minimum atomic E-state index is 1.27. The molecular weight excluding hydrogens is 396 g/mol. The van der Waals surface area contributed by atoms with E-state index in [0.717, 1.165) is 0 Å². The molecule has 0 aliphatic rings. The summed E-state index contributed by atoms with van der Waals surface area (Å²) in [6.45, 7) is 22.5. The second-order valence-corrected chi connectivity index (χ2v) is 6.94. The molecule has 0 atom stereocenters. The highest BCUT2D eigenvalue weighted by Crippen LogP contribution is 2.29. The molecule has 0 nitrogen and oxygen atoms in total. The van der Waals surface area contributed by atoms with Crippen LogP contribution in [0, 0.1) is 20.8 Å². The molecule has 33 heavy (non-hydrogen) atoms. The predicted octanol–water partition coefficient (Wildman–Crippen LogP) is 11.2. The molecule has 178 valence electrons. The summed E-state index contributed by atoms with van der Waals surface area (Å²) < 4.78 is 0. The van der Waals surface area contributed by atoms with E-state index in [2.05, 4.69) is 99.6 Å². The Hall–Kier alpha value is -2.86. The van der Waals surface area contributed by atoms with Gasteiger partial charge in [-0.15, -0.1) is 0 Å².